The highest BCUT2D eigenvalue weighted by molar-refractivity contribution is 5.50. The molecule has 0 unspecified atom stereocenters. The number of hydrogen-bond donors (Lipinski definition) is 1. The van der Waals surface area contributed by atoms with Crippen molar-refractivity contribution in [3.8, 4) is 11.5 Å². The molecule has 0 bridgehead atoms. The van der Waals surface area contributed by atoms with E-state index in [-0.39, 0.29) is 17.5 Å². The van der Waals surface area contributed by atoms with Crippen molar-refractivity contribution in [1.29, 1.82) is 0 Å². The van der Waals surface area contributed by atoms with E-state index in [9.17, 15) is 15.2 Å². The van der Waals surface area contributed by atoms with Crippen LogP contribution in [0.1, 0.15) is 29.2 Å². The molecule has 0 radical (unpaired) electrons. The molecule has 0 saturated heterocycles. The van der Waals surface area contributed by atoms with E-state index in [0.717, 1.165) is 29.5 Å². The van der Waals surface area contributed by atoms with Crippen molar-refractivity contribution in [1.82, 2.24) is 0 Å². The van der Waals surface area contributed by atoms with Crippen molar-refractivity contribution in [3.05, 3.63) is 63.2 Å². The van der Waals surface area contributed by atoms with Crippen LogP contribution in [-0.4, -0.2) is 23.7 Å². The Morgan fingerprint density at radius 1 is 1.30 bits per heavy atom. The van der Waals surface area contributed by atoms with Crippen LogP contribution < -0.4 is 4.74 Å². The Balaban J connectivity index is 2.03. The molecule has 1 atom stereocenters. The minimum absolute atomic E-state index is 0.0418. The van der Waals surface area contributed by atoms with Crippen molar-refractivity contribution in [2.45, 2.75) is 18.9 Å². The molecule has 0 aliphatic carbocycles. The standard InChI is InChI=1S/C17H17NO5/c1-22-16-9-12-3-2-8-23-17(14(12)10-15(16)19)11-4-6-13(7-5-11)18(20)21/h4-7,9-10,17,19H,2-3,8H2,1H3/t17-/m0/s1. The zero-order valence-electron chi connectivity index (χ0n) is 12.7. The van der Waals surface area contributed by atoms with Gasteiger partial charge in [0, 0.05) is 18.7 Å². The molecule has 0 aromatic heterocycles. The van der Waals surface area contributed by atoms with Gasteiger partial charge in [-0.2, -0.15) is 0 Å². The Hall–Kier alpha value is -2.60. The molecule has 2 aromatic rings. The largest absolute Gasteiger partial charge is 0.504 e. The molecule has 0 fully saturated rings. The molecule has 0 spiro atoms. The molecule has 0 amide bonds. The van der Waals surface area contributed by atoms with Crippen LogP contribution >= 0.6 is 0 Å². The lowest BCUT2D eigenvalue weighted by Gasteiger charge is -2.19. The number of non-ortho nitro benzene ring substituents is 1. The highest BCUT2D eigenvalue weighted by Crippen LogP contribution is 2.38. The third-order valence-corrected chi connectivity index (χ3v) is 4.00. The maximum Gasteiger partial charge on any atom is 0.269 e. The number of phenols is 1. The van der Waals surface area contributed by atoms with Gasteiger partial charge in [0.15, 0.2) is 11.5 Å². The van der Waals surface area contributed by atoms with E-state index in [2.05, 4.69) is 0 Å². The number of nitrogens with zero attached hydrogens (tertiary/aromatic N) is 1. The minimum Gasteiger partial charge on any atom is -0.504 e. The number of aromatic hydroxyl groups is 1. The summed E-state index contributed by atoms with van der Waals surface area (Å²) in [6.07, 6.45) is 1.34. The van der Waals surface area contributed by atoms with Crippen molar-refractivity contribution >= 4 is 5.69 Å². The molecule has 6 nitrogen and oxygen atoms in total. The third kappa shape index (κ3) is 2.98. The number of nitro benzene ring substituents is 1. The molecule has 6 heteroatoms. The summed E-state index contributed by atoms with van der Waals surface area (Å²) in [6.45, 7) is 0.583. The zero-order chi connectivity index (χ0) is 16.4. The number of methoxy groups -OCH3 is 1. The summed E-state index contributed by atoms with van der Waals surface area (Å²) in [4.78, 5) is 10.4. The monoisotopic (exact) mass is 315 g/mol. The first-order chi connectivity index (χ1) is 11.1. The summed E-state index contributed by atoms with van der Waals surface area (Å²) in [5.74, 6) is 0.497. The fraction of sp³-hybridized carbons (Fsp3) is 0.294. The smallest absolute Gasteiger partial charge is 0.269 e. The summed E-state index contributed by atoms with van der Waals surface area (Å²) in [5.41, 5.74) is 2.79. The van der Waals surface area contributed by atoms with Crippen LogP contribution in [0.3, 0.4) is 0 Å². The first-order valence-corrected chi connectivity index (χ1v) is 7.36. The quantitative estimate of drug-likeness (QED) is 0.693. The minimum atomic E-state index is -0.428. The van der Waals surface area contributed by atoms with Gasteiger partial charge in [-0.15, -0.1) is 0 Å². The Morgan fingerprint density at radius 3 is 2.70 bits per heavy atom. The second-order valence-corrected chi connectivity index (χ2v) is 5.43. The highest BCUT2D eigenvalue weighted by Gasteiger charge is 2.24. The lowest BCUT2D eigenvalue weighted by molar-refractivity contribution is -0.384. The number of ether oxygens (including phenoxy) is 2. The van der Waals surface area contributed by atoms with Crippen LogP contribution in [0.25, 0.3) is 0 Å². The summed E-state index contributed by atoms with van der Waals surface area (Å²) >= 11 is 0. The Kier molecular flexibility index (Phi) is 4.16. The van der Waals surface area contributed by atoms with Gasteiger partial charge < -0.3 is 14.6 Å². The molecule has 3 rings (SSSR count). The molecule has 1 aliphatic rings. The van der Waals surface area contributed by atoms with Gasteiger partial charge in [0.1, 0.15) is 6.10 Å². The van der Waals surface area contributed by atoms with Gasteiger partial charge >= 0.3 is 0 Å². The number of fused-ring (bicyclic) bond motifs is 1. The first kappa shape index (κ1) is 15.3. The fourth-order valence-electron chi connectivity index (χ4n) is 2.85. The van der Waals surface area contributed by atoms with E-state index in [1.165, 1.54) is 19.2 Å². The van der Waals surface area contributed by atoms with Gasteiger partial charge in [-0.05, 0) is 53.8 Å². The number of nitro groups is 1. The van der Waals surface area contributed by atoms with E-state index in [0.29, 0.717) is 12.4 Å². The van der Waals surface area contributed by atoms with Gasteiger partial charge in [0.2, 0.25) is 0 Å². The average Bonchev–Trinajstić information content (AvgIpc) is 2.76. The lowest BCUT2D eigenvalue weighted by atomic mass is 9.94. The van der Waals surface area contributed by atoms with Crippen LogP contribution in [0.5, 0.6) is 11.5 Å². The molecule has 0 saturated carbocycles. The van der Waals surface area contributed by atoms with E-state index >= 15 is 0 Å². The number of phenolic OH excluding ortho intramolecular Hbond substituents is 1. The van der Waals surface area contributed by atoms with Crippen LogP contribution in [0, 0.1) is 10.1 Å². The topological polar surface area (TPSA) is 81.8 Å². The fourth-order valence-corrected chi connectivity index (χ4v) is 2.85. The predicted octanol–water partition coefficient (Wildman–Crippen LogP) is 3.36. The number of rotatable bonds is 3. The summed E-state index contributed by atoms with van der Waals surface area (Å²) in [7, 11) is 1.52. The second-order valence-electron chi connectivity index (χ2n) is 5.43. The summed E-state index contributed by atoms with van der Waals surface area (Å²) in [5, 5.41) is 20.9. The van der Waals surface area contributed by atoms with Crippen molar-refractivity contribution in [2.75, 3.05) is 13.7 Å². The summed E-state index contributed by atoms with van der Waals surface area (Å²) < 4.78 is 11.1. The van der Waals surface area contributed by atoms with E-state index in [1.54, 1.807) is 18.2 Å². The predicted molar refractivity (Wildman–Crippen MR) is 83.9 cm³/mol. The molecule has 23 heavy (non-hydrogen) atoms. The molecular weight excluding hydrogens is 298 g/mol. The SMILES string of the molecule is COc1cc2c(cc1O)[C@H](c1ccc([N+](=O)[O-])cc1)OCCC2. The van der Waals surface area contributed by atoms with Gasteiger partial charge in [-0.1, -0.05) is 0 Å². The van der Waals surface area contributed by atoms with E-state index < -0.39 is 4.92 Å². The Bertz CT molecular complexity index is 727. The molecule has 2 aromatic carbocycles. The third-order valence-electron chi connectivity index (χ3n) is 4.00. The maximum absolute atomic E-state index is 10.8. The number of aryl methyl sites for hydroxylation is 1. The van der Waals surface area contributed by atoms with E-state index in [1.807, 2.05) is 6.07 Å². The normalized spacial score (nSPS) is 17.2. The average molecular weight is 315 g/mol. The Morgan fingerprint density at radius 2 is 2.04 bits per heavy atom. The zero-order valence-corrected chi connectivity index (χ0v) is 12.7. The number of hydrogen-bond acceptors (Lipinski definition) is 5. The summed E-state index contributed by atoms with van der Waals surface area (Å²) in [6, 6.07) is 9.81. The molecular formula is C17H17NO5. The van der Waals surface area contributed by atoms with Gasteiger partial charge in [0.05, 0.1) is 12.0 Å². The first-order valence-electron chi connectivity index (χ1n) is 7.36. The number of benzene rings is 2. The van der Waals surface area contributed by atoms with Crippen LogP contribution in [0.4, 0.5) is 5.69 Å². The molecule has 1 N–H and O–H groups in total. The van der Waals surface area contributed by atoms with Gasteiger partial charge in [-0.3, -0.25) is 10.1 Å². The lowest BCUT2D eigenvalue weighted by Crippen LogP contribution is -2.06. The van der Waals surface area contributed by atoms with Crippen molar-refractivity contribution in [2.24, 2.45) is 0 Å². The second kappa shape index (κ2) is 6.26. The van der Waals surface area contributed by atoms with Gasteiger partial charge in [0.25, 0.3) is 5.69 Å². The van der Waals surface area contributed by atoms with Crippen LogP contribution in [0.15, 0.2) is 36.4 Å². The molecule has 120 valence electrons. The highest BCUT2D eigenvalue weighted by atomic mass is 16.6. The van der Waals surface area contributed by atoms with Crippen LogP contribution in [0.2, 0.25) is 0 Å². The Labute approximate surface area is 133 Å². The molecule has 1 heterocycles. The van der Waals surface area contributed by atoms with Gasteiger partial charge in [-0.25, -0.2) is 0 Å². The van der Waals surface area contributed by atoms with Crippen LogP contribution in [-0.2, 0) is 11.2 Å². The molecule has 1 aliphatic heterocycles. The van der Waals surface area contributed by atoms with Crippen molar-refractivity contribution in [3.63, 3.8) is 0 Å². The van der Waals surface area contributed by atoms with E-state index in [4.69, 9.17) is 9.47 Å². The maximum atomic E-state index is 10.8. The van der Waals surface area contributed by atoms with Crippen molar-refractivity contribution < 1.29 is 19.5 Å².